The molecule has 2 aliphatic carbocycles. The van der Waals surface area contributed by atoms with Crippen molar-refractivity contribution in [3.05, 3.63) is 59.1 Å². The van der Waals surface area contributed by atoms with E-state index in [-0.39, 0.29) is 0 Å². The number of nitrogens with zero attached hydrogens (tertiary/aromatic N) is 1. The maximum absolute atomic E-state index is 5.71. The molecule has 1 heterocycles. The maximum atomic E-state index is 5.71. The summed E-state index contributed by atoms with van der Waals surface area (Å²) in [5, 5.41) is 0. The average molecular weight is 281 g/mol. The highest BCUT2D eigenvalue weighted by Gasteiger charge is 2.22. The molecule has 1 aliphatic heterocycles. The number of allylic oxidation sites excluding steroid dienone is 2. The summed E-state index contributed by atoms with van der Waals surface area (Å²) >= 11 is 0. The Morgan fingerprint density at radius 2 is 1.67 bits per heavy atom. The first-order valence-corrected chi connectivity index (χ1v) is 7.70. The first-order valence-electron chi connectivity index (χ1n) is 7.70. The molecule has 3 heteroatoms. The van der Waals surface area contributed by atoms with E-state index in [1.54, 1.807) is 0 Å². The first kappa shape index (κ1) is 12.7. The van der Waals surface area contributed by atoms with Gasteiger partial charge >= 0.3 is 0 Å². The van der Waals surface area contributed by atoms with Gasteiger partial charge in [0.2, 0.25) is 0 Å². The molecule has 3 aliphatic rings. The lowest BCUT2D eigenvalue weighted by Crippen LogP contribution is -2.14. The lowest BCUT2D eigenvalue weighted by atomic mass is 10.1. The minimum absolute atomic E-state index is 0.375. The van der Waals surface area contributed by atoms with Crippen molar-refractivity contribution >= 4 is 5.71 Å². The van der Waals surface area contributed by atoms with Gasteiger partial charge in [-0.1, -0.05) is 24.3 Å². The number of hydrogen-bond donors (Lipinski definition) is 0. The lowest BCUT2D eigenvalue weighted by molar-refractivity contribution is 0.0596. The zero-order valence-electron chi connectivity index (χ0n) is 12.0. The zero-order valence-corrected chi connectivity index (χ0v) is 12.0. The second-order valence-corrected chi connectivity index (χ2v) is 5.76. The van der Waals surface area contributed by atoms with Gasteiger partial charge in [-0.3, -0.25) is 4.99 Å². The van der Waals surface area contributed by atoms with Crippen LogP contribution < -0.4 is 0 Å². The molecule has 0 N–H and O–H groups in total. The van der Waals surface area contributed by atoms with Crippen LogP contribution in [0.25, 0.3) is 0 Å². The number of ether oxygens (including phenoxy) is 2. The molecule has 0 bridgehead atoms. The predicted octanol–water partition coefficient (Wildman–Crippen LogP) is 3.20. The van der Waals surface area contributed by atoms with Gasteiger partial charge in [-0.05, 0) is 42.9 Å². The van der Waals surface area contributed by atoms with E-state index in [2.05, 4.69) is 36.4 Å². The van der Waals surface area contributed by atoms with Gasteiger partial charge in [0.15, 0.2) is 11.5 Å². The Labute approximate surface area is 125 Å². The third-order valence-electron chi connectivity index (χ3n) is 4.25. The van der Waals surface area contributed by atoms with Crippen molar-refractivity contribution in [3.8, 4) is 0 Å². The van der Waals surface area contributed by atoms with Crippen LogP contribution in [-0.2, 0) is 22.3 Å². The van der Waals surface area contributed by atoms with Crippen molar-refractivity contribution in [2.75, 3.05) is 13.2 Å². The monoisotopic (exact) mass is 281 g/mol. The molecular weight excluding hydrogens is 262 g/mol. The van der Waals surface area contributed by atoms with Crippen molar-refractivity contribution in [1.29, 1.82) is 0 Å². The summed E-state index contributed by atoms with van der Waals surface area (Å²) in [6.07, 6.45) is 8.24. The fraction of sp³-hybridized carbons (Fsp3) is 0.389. The Morgan fingerprint density at radius 1 is 0.952 bits per heavy atom. The largest absolute Gasteiger partial charge is 0.486 e. The summed E-state index contributed by atoms with van der Waals surface area (Å²) in [5.41, 5.74) is 4.04. The zero-order chi connectivity index (χ0) is 14.1. The molecule has 4 rings (SSSR count). The van der Waals surface area contributed by atoms with Crippen LogP contribution in [0, 0.1) is 0 Å². The van der Waals surface area contributed by atoms with Crippen LogP contribution in [0.3, 0.4) is 0 Å². The maximum Gasteiger partial charge on any atom is 0.162 e. The van der Waals surface area contributed by atoms with Crippen molar-refractivity contribution in [3.63, 3.8) is 0 Å². The van der Waals surface area contributed by atoms with Crippen LogP contribution in [0.4, 0.5) is 0 Å². The molecule has 3 nitrogen and oxygen atoms in total. The van der Waals surface area contributed by atoms with E-state index < -0.39 is 0 Å². The van der Waals surface area contributed by atoms with Crippen molar-refractivity contribution in [2.24, 2.45) is 4.99 Å². The van der Waals surface area contributed by atoms with E-state index >= 15 is 0 Å². The number of rotatable bonds is 1. The molecule has 0 spiro atoms. The molecule has 21 heavy (non-hydrogen) atoms. The fourth-order valence-electron chi connectivity index (χ4n) is 3.26. The molecule has 0 saturated carbocycles. The van der Waals surface area contributed by atoms with Crippen LogP contribution in [0.15, 0.2) is 52.9 Å². The highest BCUT2D eigenvalue weighted by atomic mass is 16.6. The van der Waals surface area contributed by atoms with Crippen LogP contribution in [0.1, 0.15) is 24.0 Å². The van der Waals surface area contributed by atoms with Gasteiger partial charge in [-0.2, -0.15) is 0 Å². The fourth-order valence-corrected chi connectivity index (χ4v) is 3.26. The molecule has 0 radical (unpaired) electrons. The number of aliphatic imine (C=N–C) groups is 1. The van der Waals surface area contributed by atoms with E-state index in [0.717, 1.165) is 42.9 Å². The number of fused-ring (bicyclic) bond motifs is 2. The van der Waals surface area contributed by atoms with Gasteiger partial charge in [0.1, 0.15) is 13.2 Å². The number of hydrogen-bond acceptors (Lipinski definition) is 3. The Bertz CT molecular complexity index is 617. The second kappa shape index (κ2) is 5.40. The summed E-state index contributed by atoms with van der Waals surface area (Å²) in [6, 6.07) is 9.05. The Kier molecular flexibility index (Phi) is 3.26. The summed E-state index contributed by atoms with van der Waals surface area (Å²) in [5.74, 6) is 1.74. The highest BCUT2D eigenvalue weighted by Crippen LogP contribution is 2.26. The van der Waals surface area contributed by atoms with Gasteiger partial charge in [0.25, 0.3) is 0 Å². The third kappa shape index (κ3) is 2.60. The topological polar surface area (TPSA) is 30.8 Å². The van der Waals surface area contributed by atoms with Crippen LogP contribution in [0.2, 0.25) is 0 Å². The van der Waals surface area contributed by atoms with Crippen molar-refractivity contribution < 1.29 is 9.47 Å². The van der Waals surface area contributed by atoms with E-state index in [4.69, 9.17) is 14.5 Å². The van der Waals surface area contributed by atoms with Gasteiger partial charge in [0, 0.05) is 11.8 Å². The average Bonchev–Trinajstić information content (AvgIpc) is 2.79. The van der Waals surface area contributed by atoms with Gasteiger partial charge < -0.3 is 9.47 Å². The molecule has 0 atom stereocenters. The summed E-state index contributed by atoms with van der Waals surface area (Å²) in [6.45, 7) is 1.28. The standard InChI is InChI=1S/C18H19NO2/c1-2-5-14-11-16(10-13(14)4-1)19-15-6-3-7-17-18(12-15)21-9-8-20-17/h1-2,4-5,7,12,16H,3,6,8-11H2. The molecule has 0 unspecified atom stereocenters. The predicted molar refractivity (Wildman–Crippen MR) is 82.4 cm³/mol. The smallest absolute Gasteiger partial charge is 0.162 e. The molecular formula is C18H19NO2. The SMILES string of the molecule is C1=C2OCCOC2=CC(=NC2Cc3ccccc3C2)CC1. The second-order valence-electron chi connectivity index (χ2n) is 5.76. The Hall–Kier alpha value is -2.03. The van der Waals surface area contributed by atoms with E-state index in [1.807, 2.05) is 0 Å². The number of benzene rings is 1. The Morgan fingerprint density at radius 3 is 2.43 bits per heavy atom. The van der Waals surface area contributed by atoms with Crippen LogP contribution >= 0.6 is 0 Å². The van der Waals surface area contributed by atoms with Gasteiger partial charge in [-0.25, -0.2) is 0 Å². The minimum Gasteiger partial charge on any atom is -0.486 e. The molecule has 1 fully saturated rings. The summed E-state index contributed by atoms with van der Waals surface area (Å²) in [4.78, 5) is 4.97. The van der Waals surface area contributed by atoms with E-state index in [0.29, 0.717) is 19.3 Å². The lowest BCUT2D eigenvalue weighted by Gasteiger charge is -2.19. The molecule has 0 amide bonds. The quantitative estimate of drug-likeness (QED) is 0.791. The molecule has 108 valence electrons. The van der Waals surface area contributed by atoms with E-state index in [9.17, 15) is 0 Å². The van der Waals surface area contributed by atoms with E-state index in [1.165, 1.54) is 11.1 Å². The first-order chi connectivity index (χ1) is 10.4. The minimum atomic E-state index is 0.375. The normalized spacial score (nSPS) is 23.3. The molecule has 1 saturated heterocycles. The third-order valence-corrected chi connectivity index (χ3v) is 4.25. The highest BCUT2D eigenvalue weighted by molar-refractivity contribution is 5.96. The molecule has 1 aromatic carbocycles. The Balaban J connectivity index is 1.55. The van der Waals surface area contributed by atoms with Crippen LogP contribution in [0.5, 0.6) is 0 Å². The van der Waals surface area contributed by atoms with Crippen LogP contribution in [-0.4, -0.2) is 25.0 Å². The summed E-state index contributed by atoms with van der Waals surface area (Å²) < 4.78 is 11.3. The molecule has 0 aromatic heterocycles. The molecule has 1 aromatic rings. The van der Waals surface area contributed by atoms with Gasteiger partial charge in [-0.15, -0.1) is 0 Å². The van der Waals surface area contributed by atoms with Gasteiger partial charge in [0.05, 0.1) is 6.04 Å². The van der Waals surface area contributed by atoms with Crippen molar-refractivity contribution in [1.82, 2.24) is 0 Å². The summed E-state index contributed by atoms with van der Waals surface area (Å²) in [7, 11) is 0. The van der Waals surface area contributed by atoms with Crippen molar-refractivity contribution in [2.45, 2.75) is 31.7 Å².